The highest BCUT2D eigenvalue weighted by Crippen LogP contribution is 2.10. The minimum atomic E-state index is -0.430. The Labute approximate surface area is 96.0 Å². The number of nitrogens with one attached hydrogen (secondary N) is 1. The van der Waals surface area contributed by atoms with Crippen LogP contribution in [0.15, 0.2) is 0 Å². The zero-order valence-electron chi connectivity index (χ0n) is 9.81. The van der Waals surface area contributed by atoms with Crippen LogP contribution < -0.4 is 5.32 Å². The van der Waals surface area contributed by atoms with Gasteiger partial charge in [-0.2, -0.15) is 5.26 Å². The van der Waals surface area contributed by atoms with Crippen LogP contribution in [0, 0.1) is 17.2 Å². The van der Waals surface area contributed by atoms with Gasteiger partial charge in [-0.3, -0.25) is 4.79 Å². The highest BCUT2D eigenvalue weighted by molar-refractivity contribution is 5.82. The van der Waals surface area contributed by atoms with Crippen LogP contribution in [-0.4, -0.2) is 47.7 Å². The van der Waals surface area contributed by atoms with Gasteiger partial charge >= 0.3 is 0 Å². The van der Waals surface area contributed by atoms with Crippen molar-refractivity contribution in [2.75, 3.05) is 19.6 Å². The number of aliphatic hydroxyl groups is 1. The minimum Gasteiger partial charge on any atom is -0.392 e. The number of nitriles is 1. The van der Waals surface area contributed by atoms with E-state index in [0.717, 1.165) is 0 Å². The molecule has 1 aliphatic rings. The van der Waals surface area contributed by atoms with Crippen molar-refractivity contribution >= 4 is 5.91 Å². The van der Waals surface area contributed by atoms with E-state index in [1.807, 2.05) is 6.92 Å². The molecule has 1 rings (SSSR count). The molecule has 0 aromatic carbocycles. The molecular weight excluding hydrogens is 206 g/mol. The lowest BCUT2D eigenvalue weighted by molar-refractivity contribution is -0.133. The van der Waals surface area contributed by atoms with Gasteiger partial charge in [0.2, 0.25) is 5.91 Å². The van der Waals surface area contributed by atoms with E-state index in [1.165, 1.54) is 0 Å². The molecule has 2 N–H and O–H groups in total. The molecule has 0 aromatic heterocycles. The average molecular weight is 225 g/mol. The second-order valence-electron chi connectivity index (χ2n) is 4.26. The molecule has 0 aliphatic carbocycles. The Balaban J connectivity index is 2.53. The molecule has 1 amide bonds. The van der Waals surface area contributed by atoms with Gasteiger partial charge in [-0.25, -0.2) is 0 Å². The Morgan fingerprint density at radius 2 is 2.44 bits per heavy atom. The van der Waals surface area contributed by atoms with Gasteiger partial charge < -0.3 is 15.3 Å². The molecule has 0 saturated carbocycles. The molecule has 1 fully saturated rings. The Morgan fingerprint density at radius 1 is 1.75 bits per heavy atom. The standard InChI is InChI=1S/C11H19N3O2/c1-3-14(7-8(2)5-12)11(16)10-4-9(15)6-13-10/h8-10,13,15H,3-4,6-7H2,1-2H3. The van der Waals surface area contributed by atoms with Gasteiger partial charge in [0.05, 0.1) is 24.1 Å². The number of aliphatic hydroxyl groups excluding tert-OH is 1. The number of nitrogens with zero attached hydrogens (tertiary/aromatic N) is 2. The smallest absolute Gasteiger partial charge is 0.239 e. The van der Waals surface area contributed by atoms with E-state index in [-0.39, 0.29) is 17.9 Å². The second-order valence-corrected chi connectivity index (χ2v) is 4.26. The maximum atomic E-state index is 12.0. The fourth-order valence-corrected chi connectivity index (χ4v) is 1.87. The molecule has 5 nitrogen and oxygen atoms in total. The summed E-state index contributed by atoms with van der Waals surface area (Å²) in [4.78, 5) is 13.7. The number of rotatable bonds is 4. The third-order valence-corrected chi connectivity index (χ3v) is 2.81. The molecule has 0 bridgehead atoms. The first-order valence-electron chi connectivity index (χ1n) is 5.68. The average Bonchev–Trinajstić information content (AvgIpc) is 2.71. The highest BCUT2D eigenvalue weighted by atomic mass is 16.3. The van der Waals surface area contributed by atoms with Crippen LogP contribution in [0.4, 0.5) is 0 Å². The third-order valence-electron chi connectivity index (χ3n) is 2.81. The van der Waals surface area contributed by atoms with Crippen LogP contribution in [0.1, 0.15) is 20.3 Å². The van der Waals surface area contributed by atoms with Gasteiger partial charge in [0, 0.05) is 19.6 Å². The van der Waals surface area contributed by atoms with Crippen LogP contribution in [0.5, 0.6) is 0 Å². The Bertz CT molecular complexity index is 287. The summed E-state index contributed by atoms with van der Waals surface area (Å²) >= 11 is 0. The first kappa shape index (κ1) is 12.9. The van der Waals surface area contributed by atoms with Crippen LogP contribution in [0.3, 0.4) is 0 Å². The van der Waals surface area contributed by atoms with Crippen LogP contribution >= 0.6 is 0 Å². The zero-order chi connectivity index (χ0) is 12.1. The highest BCUT2D eigenvalue weighted by Gasteiger charge is 2.31. The van der Waals surface area contributed by atoms with Gasteiger partial charge in [0.25, 0.3) is 0 Å². The Kier molecular flexibility index (Phi) is 4.71. The van der Waals surface area contributed by atoms with Gasteiger partial charge in [0.15, 0.2) is 0 Å². The van der Waals surface area contributed by atoms with Crippen molar-refractivity contribution in [3.05, 3.63) is 0 Å². The van der Waals surface area contributed by atoms with Crippen molar-refractivity contribution in [1.82, 2.24) is 10.2 Å². The lowest BCUT2D eigenvalue weighted by atomic mass is 10.1. The summed E-state index contributed by atoms with van der Waals surface area (Å²) in [6, 6.07) is 1.83. The first-order chi connectivity index (χ1) is 7.58. The SMILES string of the molecule is CCN(CC(C)C#N)C(=O)C1CC(O)CN1. The fraction of sp³-hybridized carbons (Fsp3) is 0.818. The number of hydrogen-bond acceptors (Lipinski definition) is 4. The number of carbonyl (C=O) groups excluding carboxylic acids is 1. The van der Waals surface area contributed by atoms with Crippen LogP contribution in [0.25, 0.3) is 0 Å². The molecule has 5 heteroatoms. The predicted molar refractivity (Wildman–Crippen MR) is 59.4 cm³/mol. The molecule has 16 heavy (non-hydrogen) atoms. The summed E-state index contributed by atoms with van der Waals surface area (Å²) in [6.07, 6.45) is 0.0389. The number of likely N-dealkylation sites (N-methyl/N-ethyl adjacent to an activating group) is 1. The van der Waals surface area contributed by atoms with Gasteiger partial charge in [-0.1, -0.05) is 0 Å². The van der Waals surface area contributed by atoms with Gasteiger partial charge in [-0.05, 0) is 20.3 Å². The molecule has 1 heterocycles. The summed E-state index contributed by atoms with van der Waals surface area (Å²) < 4.78 is 0. The summed E-state index contributed by atoms with van der Waals surface area (Å²) in [7, 11) is 0. The van der Waals surface area contributed by atoms with Gasteiger partial charge in [0.1, 0.15) is 0 Å². The largest absolute Gasteiger partial charge is 0.392 e. The van der Waals surface area contributed by atoms with Crippen molar-refractivity contribution in [3.8, 4) is 6.07 Å². The molecular formula is C11H19N3O2. The van der Waals surface area contributed by atoms with Crippen molar-refractivity contribution in [2.24, 2.45) is 5.92 Å². The fourth-order valence-electron chi connectivity index (χ4n) is 1.87. The quantitative estimate of drug-likeness (QED) is 0.690. The zero-order valence-corrected chi connectivity index (χ0v) is 9.81. The third kappa shape index (κ3) is 3.19. The van der Waals surface area contributed by atoms with Crippen molar-refractivity contribution < 1.29 is 9.90 Å². The number of carbonyl (C=O) groups is 1. The molecule has 3 unspecified atom stereocenters. The number of hydrogen-bond donors (Lipinski definition) is 2. The molecule has 1 saturated heterocycles. The lowest BCUT2D eigenvalue weighted by Gasteiger charge is -2.25. The van der Waals surface area contributed by atoms with E-state index in [9.17, 15) is 9.90 Å². The van der Waals surface area contributed by atoms with E-state index in [4.69, 9.17) is 5.26 Å². The molecule has 0 radical (unpaired) electrons. The van der Waals surface area contributed by atoms with E-state index in [0.29, 0.717) is 26.1 Å². The molecule has 90 valence electrons. The van der Waals surface area contributed by atoms with E-state index in [1.54, 1.807) is 11.8 Å². The monoisotopic (exact) mass is 225 g/mol. The van der Waals surface area contributed by atoms with Crippen molar-refractivity contribution in [1.29, 1.82) is 5.26 Å². The predicted octanol–water partition coefficient (Wildman–Crippen LogP) is -0.283. The van der Waals surface area contributed by atoms with E-state index in [2.05, 4.69) is 11.4 Å². The lowest BCUT2D eigenvalue weighted by Crippen LogP contribution is -2.45. The van der Waals surface area contributed by atoms with Crippen LogP contribution in [-0.2, 0) is 4.79 Å². The first-order valence-corrected chi connectivity index (χ1v) is 5.68. The molecule has 3 atom stereocenters. The molecule has 0 aromatic rings. The normalized spacial score (nSPS) is 26.1. The van der Waals surface area contributed by atoms with Crippen molar-refractivity contribution in [3.63, 3.8) is 0 Å². The summed E-state index contributed by atoms with van der Waals surface area (Å²) in [6.45, 7) is 5.22. The van der Waals surface area contributed by atoms with E-state index >= 15 is 0 Å². The van der Waals surface area contributed by atoms with Gasteiger partial charge in [-0.15, -0.1) is 0 Å². The van der Waals surface area contributed by atoms with E-state index < -0.39 is 6.10 Å². The minimum absolute atomic E-state index is 0.0128. The van der Waals surface area contributed by atoms with Crippen LogP contribution in [0.2, 0.25) is 0 Å². The number of β-amino-alcohol motifs (C(OH)–C–C–N with tert-alkyl or cyclic N) is 1. The maximum Gasteiger partial charge on any atom is 0.239 e. The topological polar surface area (TPSA) is 76.4 Å². The van der Waals surface area contributed by atoms with Crippen molar-refractivity contribution in [2.45, 2.75) is 32.4 Å². The number of amides is 1. The summed E-state index contributed by atoms with van der Waals surface area (Å²) in [5.41, 5.74) is 0. The summed E-state index contributed by atoms with van der Waals surface area (Å²) in [5.74, 6) is -0.170. The second kappa shape index (κ2) is 5.83. The Hall–Kier alpha value is -1.12. The maximum absolute atomic E-state index is 12.0. The Morgan fingerprint density at radius 3 is 2.88 bits per heavy atom. The molecule has 1 aliphatic heterocycles. The molecule has 0 spiro atoms. The summed E-state index contributed by atoms with van der Waals surface area (Å²) in [5, 5.41) is 21.1.